The van der Waals surface area contributed by atoms with Crippen LogP contribution >= 0.6 is 0 Å². The molecule has 0 saturated carbocycles. The van der Waals surface area contributed by atoms with E-state index < -0.39 is 0 Å². The number of ether oxygens (including phenoxy) is 1. The zero-order valence-corrected chi connectivity index (χ0v) is 12.3. The van der Waals surface area contributed by atoms with Crippen molar-refractivity contribution in [3.63, 3.8) is 0 Å². The number of aromatic nitrogens is 3. The molecule has 0 aliphatic rings. The lowest BCUT2D eigenvalue weighted by Gasteiger charge is -1.96. The smallest absolute Gasteiger partial charge is 0.249 e. The van der Waals surface area contributed by atoms with E-state index in [1.807, 2.05) is 30.3 Å². The number of hydrogen-bond donors (Lipinski definition) is 2. The number of H-pyrrole nitrogens is 1. The van der Waals surface area contributed by atoms with E-state index in [-0.39, 0.29) is 11.6 Å². The number of nitrogens with one attached hydrogen (secondary N) is 1. The van der Waals surface area contributed by atoms with Crippen LogP contribution in [0, 0.1) is 0 Å². The Morgan fingerprint density at radius 1 is 1.13 bits per heavy atom. The third kappa shape index (κ3) is 2.20. The molecular formula is C17H13N3O3. The van der Waals surface area contributed by atoms with Crippen molar-refractivity contribution in [1.29, 1.82) is 0 Å². The van der Waals surface area contributed by atoms with E-state index in [0.29, 0.717) is 28.2 Å². The Morgan fingerprint density at radius 3 is 2.74 bits per heavy atom. The van der Waals surface area contributed by atoms with Crippen molar-refractivity contribution < 1.29 is 14.3 Å². The molecular weight excluding hydrogens is 294 g/mol. The predicted octanol–water partition coefficient (Wildman–Crippen LogP) is 3.60. The maximum atomic E-state index is 10.4. The van der Waals surface area contributed by atoms with Crippen molar-refractivity contribution in [2.24, 2.45) is 0 Å². The molecule has 0 atom stereocenters. The molecule has 0 aliphatic heterocycles. The molecule has 2 aromatic carbocycles. The summed E-state index contributed by atoms with van der Waals surface area (Å²) in [4.78, 5) is 4.37. The normalized spacial score (nSPS) is 11.0. The van der Waals surface area contributed by atoms with E-state index in [2.05, 4.69) is 15.2 Å². The van der Waals surface area contributed by atoms with Gasteiger partial charge < -0.3 is 14.3 Å². The first-order valence-corrected chi connectivity index (χ1v) is 7.04. The third-order valence-electron chi connectivity index (χ3n) is 3.60. The highest BCUT2D eigenvalue weighted by molar-refractivity contribution is 5.80. The van der Waals surface area contributed by atoms with Crippen LogP contribution in [0.5, 0.6) is 11.5 Å². The average molecular weight is 307 g/mol. The number of nitrogens with zero attached hydrogens (tertiary/aromatic N) is 2. The van der Waals surface area contributed by atoms with Crippen molar-refractivity contribution in [1.82, 2.24) is 15.2 Å². The number of rotatable bonds is 3. The quantitative estimate of drug-likeness (QED) is 0.604. The van der Waals surface area contributed by atoms with Crippen LogP contribution in [0.3, 0.4) is 0 Å². The number of benzene rings is 2. The van der Waals surface area contributed by atoms with Gasteiger partial charge in [0.25, 0.3) is 0 Å². The topological polar surface area (TPSA) is 84.2 Å². The molecule has 0 bridgehead atoms. The van der Waals surface area contributed by atoms with Gasteiger partial charge in [0.2, 0.25) is 5.89 Å². The molecule has 0 amide bonds. The van der Waals surface area contributed by atoms with Crippen molar-refractivity contribution in [3.05, 3.63) is 48.5 Å². The Labute approximate surface area is 131 Å². The van der Waals surface area contributed by atoms with Gasteiger partial charge in [-0.2, -0.15) is 5.10 Å². The van der Waals surface area contributed by atoms with Crippen molar-refractivity contribution in [3.8, 4) is 34.3 Å². The van der Waals surface area contributed by atoms with Crippen LogP contribution in [-0.2, 0) is 0 Å². The third-order valence-corrected chi connectivity index (χ3v) is 3.60. The second-order valence-corrected chi connectivity index (χ2v) is 5.01. The second-order valence-electron chi connectivity index (χ2n) is 5.01. The van der Waals surface area contributed by atoms with Gasteiger partial charge in [0.1, 0.15) is 17.0 Å². The molecule has 0 fully saturated rings. The average Bonchev–Trinajstić information content (AvgIpc) is 3.17. The first-order chi connectivity index (χ1) is 11.3. The van der Waals surface area contributed by atoms with Crippen molar-refractivity contribution in [2.45, 2.75) is 0 Å². The Kier molecular flexibility index (Phi) is 3.01. The zero-order valence-electron chi connectivity index (χ0n) is 12.3. The molecule has 2 heterocycles. The lowest BCUT2D eigenvalue weighted by molar-refractivity contribution is 0.414. The van der Waals surface area contributed by atoms with Crippen LogP contribution < -0.4 is 4.74 Å². The molecule has 0 spiro atoms. The number of methoxy groups -OCH3 is 1. The fraction of sp³-hybridized carbons (Fsp3) is 0.0588. The van der Waals surface area contributed by atoms with Crippen LogP contribution in [0.15, 0.2) is 52.9 Å². The van der Waals surface area contributed by atoms with E-state index >= 15 is 0 Å². The summed E-state index contributed by atoms with van der Waals surface area (Å²) in [6, 6.07) is 14.8. The molecule has 4 rings (SSSR count). The number of fused-ring (bicyclic) bond motifs is 1. The first kappa shape index (κ1) is 13.4. The molecule has 2 N–H and O–H groups in total. The number of hydrogen-bond acceptors (Lipinski definition) is 5. The molecule has 0 unspecified atom stereocenters. The molecule has 0 saturated heterocycles. The molecule has 4 aromatic rings. The minimum Gasteiger partial charge on any atom is -0.504 e. The summed E-state index contributed by atoms with van der Waals surface area (Å²) in [6.45, 7) is 0. The summed E-state index contributed by atoms with van der Waals surface area (Å²) in [5.74, 6) is 0.967. The molecule has 114 valence electrons. The lowest BCUT2D eigenvalue weighted by Crippen LogP contribution is -1.80. The maximum Gasteiger partial charge on any atom is 0.249 e. The minimum absolute atomic E-state index is 0.00900. The lowest BCUT2D eigenvalue weighted by atomic mass is 10.1. The summed E-state index contributed by atoms with van der Waals surface area (Å²) in [5, 5.41) is 17.4. The molecule has 0 radical (unpaired) electrons. The molecule has 23 heavy (non-hydrogen) atoms. The van der Waals surface area contributed by atoms with Gasteiger partial charge >= 0.3 is 0 Å². The van der Waals surface area contributed by atoms with Crippen LogP contribution in [0.2, 0.25) is 0 Å². The zero-order chi connectivity index (χ0) is 15.8. The number of oxazole rings is 1. The van der Waals surface area contributed by atoms with Crippen molar-refractivity contribution in [2.75, 3.05) is 7.11 Å². The summed E-state index contributed by atoms with van der Waals surface area (Å²) in [7, 11) is 1.59. The van der Waals surface area contributed by atoms with Gasteiger partial charge in [0.15, 0.2) is 17.0 Å². The minimum atomic E-state index is 0.00900. The maximum absolute atomic E-state index is 10.4. The monoisotopic (exact) mass is 307 g/mol. The highest BCUT2D eigenvalue weighted by Gasteiger charge is 2.19. The van der Waals surface area contributed by atoms with Gasteiger partial charge in [-0.05, 0) is 12.1 Å². The van der Waals surface area contributed by atoms with Gasteiger partial charge in [-0.3, -0.25) is 5.10 Å². The fourth-order valence-corrected chi connectivity index (χ4v) is 2.42. The van der Waals surface area contributed by atoms with Crippen LogP contribution in [0.1, 0.15) is 0 Å². The van der Waals surface area contributed by atoms with E-state index in [4.69, 9.17) is 9.15 Å². The fourth-order valence-electron chi connectivity index (χ4n) is 2.42. The van der Waals surface area contributed by atoms with Gasteiger partial charge in [-0.25, -0.2) is 4.98 Å². The van der Waals surface area contributed by atoms with Gasteiger partial charge in [0, 0.05) is 11.6 Å². The first-order valence-electron chi connectivity index (χ1n) is 7.04. The highest BCUT2D eigenvalue weighted by Crippen LogP contribution is 2.36. The van der Waals surface area contributed by atoms with E-state index in [9.17, 15) is 5.11 Å². The van der Waals surface area contributed by atoms with E-state index in [1.165, 1.54) is 0 Å². The summed E-state index contributed by atoms with van der Waals surface area (Å²) >= 11 is 0. The van der Waals surface area contributed by atoms with E-state index in [1.54, 1.807) is 25.3 Å². The highest BCUT2D eigenvalue weighted by atomic mass is 16.5. The van der Waals surface area contributed by atoms with Crippen LogP contribution in [0.4, 0.5) is 0 Å². The Hall–Kier alpha value is -3.28. The SMILES string of the molecule is COc1ccc2nc(-c3[nH]nc(-c4ccccc4)c3O)oc2c1. The Bertz CT molecular complexity index is 973. The summed E-state index contributed by atoms with van der Waals surface area (Å²) < 4.78 is 10.9. The predicted molar refractivity (Wildman–Crippen MR) is 85.2 cm³/mol. The summed E-state index contributed by atoms with van der Waals surface area (Å²) in [5.41, 5.74) is 2.87. The molecule has 6 heteroatoms. The van der Waals surface area contributed by atoms with Crippen molar-refractivity contribution >= 4 is 11.1 Å². The van der Waals surface area contributed by atoms with Crippen LogP contribution in [-0.4, -0.2) is 27.4 Å². The molecule has 2 aromatic heterocycles. The molecule has 0 aliphatic carbocycles. The standard InChI is InChI=1S/C17H13N3O3/c1-22-11-7-8-12-13(9-11)23-17(18-12)15-16(21)14(19-20-15)10-5-3-2-4-6-10/h2-9,21H,1H3,(H,19,20). The Balaban J connectivity index is 1.81. The van der Waals surface area contributed by atoms with Gasteiger partial charge in [0.05, 0.1) is 7.11 Å². The summed E-state index contributed by atoms with van der Waals surface area (Å²) in [6.07, 6.45) is 0. The molecule has 6 nitrogen and oxygen atoms in total. The number of aromatic hydroxyl groups is 1. The Morgan fingerprint density at radius 2 is 1.96 bits per heavy atom. The van der Waals surface area contributed by atoms with E-state index in [0.717, 1.165) is 5.56 Å². The van der Waals surface area contributed by atoms with Gasteiger partial charge in [-0.15, -0.1) is 0 Å². The van der Waals surface area contributed by atoms with Crippen LogP contribution in [0.25, 0.3) is 33.9 Å². The number of aromatic amines is 1. The second kappa shape index (κ2) is 5.17. The van der Waals surface area contributed by atoms with Gasteiger partial charge in [-0.1, -0.05) is 30.3 Å². The largest absolute Gasteiger partial charge is 0.504 e.